The molecule has 2 aromatic carbocycles. The standard InChI is InChI=1S/C19H23NO5S/c1-14-8-10-17(11-9-14)26(22,23)20-16(3)19(21)25-13-12-24-18-7-5-4-6-15(18)2/h4-11,16,20H,12-13H2,1-3H3/t16-/m0/s1. The van der Waals surface area contributed by atoms with Gasteiger partial charge in [0.05, 0.1) is 4.90 Å². The Balaban J connectivity index is 1.81. The molecule has 2 aromatic rings. The number of carbonyl (C=O) groups excluding carboxylic acids is 1. The van der Waals surface area contributed by atoms with E-state index in [1.54, 1.807) is 12.1 Å². The topological polar surface area (TPSA) is 81.7 Å². The maximum atomic E-state index is 12.3. The SMILES string of the molecule is Cc1ccc(S(=O)(=O)N[C@@H](C)C(=O)OCCOc2ccccc2C)cc1. The lowest BCUT2D eigenvalue weighted by Crippen LogP contribution is -2.39. The summed E-state index contributed by atoms with van der Waals surface area (Å²) in [6.45, 7) is 5.44. The molecule has 0 fully saturated rings. The zero-order valence-corrected chi connectivity index (χ0v) is 15.9. The Kier molecular flexibility index (Phi) is 6.76. The third-order valence-electron chi connectivity index (χ3n) is 3.70. The van der Waals surface area contributed by atoms with Gasteiger partial charge in [-0.2, -0.15) is 4.72 Å². The van der Waals surface area contributed by atoms with Gasteiger partial charge in [0.2, 0.25) is 10.0 Å². The molecule has 1 atom stereocenters. The molecule has 0 bridgehead atoms. The Bertz CT molecular complexity index is 846. The second-order valence-corrected chi connectivity index (χ2v) is 7.65. The summed E-state index contributed by atoms with van der Waals surface area (Å²) in [7, 11) is -3.78. The molecule has 1 N–H and O–H groups in total. The quantitative estimate of drug-likeness (QED) is 0.565. The molecule has 0 aliphatic heterocycles. The molecule has 0 aliphatic carbocycles. The van der Waals surface area contributed by atoms with Crippen LogP contribution in [0.3, 0.4) is 0 Å². The highest BCUT2D eigenvalue weighted by molar-refractivity contribution is 7.89. The van der Waals surface area contributed by atoms with E-state index in [2.05, 4.69) is 4.72 Å². The van der Waals surface area contributed by atoms with E-state index in [0.29, 0.717) is 0 Å². The van der Waals surface area contributed by atoms with Crippen molar-refractivity contribution in [3.63, 3.8) is 0 Å². The van der Waals surface area contributed by atoms with Crippen LogP contribution < -0.4 is 9.46 Å². The van der Waals surface area contributed by atoms with Gasteiger partial charge in [0.1, 0.15) is 25.0 Å². The summed E-state index contributed by atoms with van der Waals surface area (Å²) in [5.41, 5.74) is 1.93. The number of carbonyl (C=O) groups is 1. The lowest BCUT2D eigenvalue weighted by Gasteiger charge is -2.14. The molecule has 0 spiro atoms. The number of benzene rings is 2. The molecule has 0 unspecified atom stereocenters. The van der Waals surface area contributed by atoms with Crippen LogP contribution in [0.1, 0.15) is 18.1 Å². The van der Waals surface area contributed by atoms with Gasteiger partial charge in [0.25, 0.3) is 0 Å². The Morgan fingerprint density at radius 3 is 2.35 bits per heavy atom. The monoisotopic (exact) mass is 377 g/mol. The number of para-hydroxylation sites is 1. The second-order valence-electron chi connectivity index (χ2n) is 5.94. The lowest BCUT2D eigenvalue weighted by atomic mass is 10.2. The van der Waals surface area contributed by atoms with Gasteiger partial charge < -0.3 is 9.47 Å². The summed E-state index contributed by atoms with van der Waals surface area (Å²) in [4.78, 5) is 12.1. The van der Waals surface area contributed by atoms with E-state index in [-0.39, 0.29) is 18.1 Å². The predicted octanol–water partition coefficient (Wildman–Crippen LogP) is 2.59. The number of ether oxygens (including phenoxy) is 2. The van der Waals surface area contributed by atoms with Gasteiger partial charge in [-0.15, -0.1) is 0 Å². The first-order valence-corrected chi connectivity index (χ1v) is 9.72. The third kappa shape index (κ3) is 5.57. The Morgan fingerprint density at radius 1 is 1.04 bits per heavy atom. The van der Waals surface area contributed by atoms with E-state index in [1.807, 2.05) is 38.1 Å². The van der Waals surface area contributed by atoms with Crippen LogP contribution in [0.15, 0.2) is 53.4 Å². The highest BCUT2D eigenvalue weighted by Gasteiger charge is 2.23. The van der Waals surface area contributed by atoms with Crippen molar-refractivity contribution in [1.29, 1.82) is 0 Å². The van der Waals surface area contributed by atoms with Gasteiger partial charge in [0.15, 0.2) is 0 Å². The minimum Gasteiger partial charge on any atom is -0.490 e. The minimum absolute atomic E-state index is 0.0315. The summed E-state index contributed by atoms with van der Waals surface area (Å²) >= 11 is 0. The number of aryl methyl sites for hydroxylation is 2. The second kappa shape index (κ2) is 8.82. The van der Waals surface area contributed by atoms with Crippen LogP contribution in [-0.2, 0) is 19.6 Å². The molecular formula is C19H23NO5S. The summed E-state index contributed by atoms with van der Waals surface area (Å²) in [5.74, 6) is 0.0609. The smallest absolute Gasteiger partial charge is 0.324 e. The van der Waals surface area contributed by atoms with Gasteiger partial charge in [-0.3, -0.25) is 4.79 Å². The molecule has 0 heterocycles. The summed E-state index contributed by atoms with van der Waals surface area (Å²) in [5, 5.41) is 0. The maximum absolute atomic E-state index is 12.3. The predicted molar refractivity (Wildman–Crippen MR) is 98.6 cm³/mol. The lowest BCUT2D eigenvalue weighted by molar-refractivity contribution is -0.145. The molecule has 140 valence electrons. The van der Waals surface area contributed by atoms with Crippen molar-refractivity contribution >= 4 is 16.0 Å². The summed E-state index contributed by atoms with van der Waals surface area (Å²) in [6, 6.07) is 12.9. The molecule has 0 aliphatic rings. The third-order valence-corrected chi connectivity index (χ3v) is 5.25. The largest absolute Gasteiger partial charge is 0.490 e. The van der Waals surface area contributed by atoms with Crippen molar-refractivity contribution in [3.05, 3.63) is 59.7 Å². The first kappa shape index (κ1) is 19.9. The van der Waals surface area contributed by atoms with Crippen LogP contribution in [-0.4, -0.2) is 33.6 Å². The van der Waals surface area contributed by atoms with Crippen LogP contribution in [0.2, 0.25) is 0 Å². The van der Waals surface area contributed by atoms with Crippen molar-refractivity contribution < 1.29 is 22.7 Å². The zero-order chi connectivity index (χ0) is 19.2. The van der Waals surface area contributed by atoms with Gasteiger partial charge in [-0.25, -0.2) is 8.42 Å². The van der Waals surface area contributed by atoms with Gasteiger partial charge >= 0.3 is 5.97 Å². The van der Waals surface area contributed by atoms with Crippen LogP contribution in [0.5, 0.6) is 5.75 Å². The molecule has 0 aromatic heterocycles. The number of nitrogens with one attached hydrogen (secondary N) is 1. The first-order valence-electron chi connectivity index (χ1n) is 8.23. The van der Waals surface area contributed by atoms with Crippen LogP contribution in [0, 0.1) is 13.8 Å². The van der Waals surface area contributed by atoms with E-state index >= 15 is 0 Å². The molecule has 6 nitrogen and oxygen atoms in total. The zero-order valence-electron chi connectivity index (χ0n) is 15.1. The summed E-state index contributed by atoms with van der Waals surface area (Å²) < 4.78 is 37.5. The number of sulfonamides is 1. The molecule has 26 heavy (non-hydrogen) atoms. The number of hydrogen-bond donors (Lipinski definition) is 1. The van der Waals surface area contributed by atoms with Crippen molar-refractivity contribution in [2.75, 3.05) is 13.2 Å². The number of rotatable bonds is 8. The maximum Gasteiger partial charge on any atom is 0.324 e. The van der Waals surface area contributed by atoms with Crippen molar-refractivity contribution in [3.8, 4) is 5.75 Å². The van der Waals surface area contributed by atoms with E-state index in [4.69, 9.17) is 9.47 Å². The molecule has 2 rings (SSSR count). The van der Waals surface area contributed by atoms with E-state index in [9.17, 15) is 13.2 Å². The van der Waals surface area contributed by atoms with Crippen LogP contribution in [0.4, 0.5) is 0 Å². The number of hydrogen-bond acceptors (Lipinski definition) is 5. The summed E-state index contributed by atoms with van der Waals surface area (Å²) in [6.07, 6.45) is 0. The Hall–Kier alpha value is -2.38. The van der Waals surface area contributed by atoms with E-state index in [1.165, 1.54) is 19.1 Å². The van der Waals surface area contributed by atoms with Gasteiger partial charge in [-0.05, 0) is 44.5 Å². The Morgan fingerprint density at radius 2 is 1.69 bits per heavy atom. The normalized spacial score (nSPS) is 12.4. The fourth-order valence-electron chi connectivity index (χ4n) is 2.20. The molecule has 0 radical (unpaired) electrons. The first-order chi connectivity index (χ1) is 12.3. The average Bonchev–Trinajstić information content (AvgIpc) is 2.60. The average molecular weight is 377 g/mol. The van der Waals surface area contributed by atoms with Gasteiger partial charge in [-0.1, -0.05) is 35.9 Å². The Labute approximate surface area is 154 Å². The van der Waals surface area contributed by atoms with Crippen LogP contribution in [0.25, 0.3) is 0 Å². The van der Waals surface area contributed by atoms with Gasteiger partial charge in [0, 0.05) is 0 Å². The fraction of sp³-hybridized carbons (Fsp3) is 0.316. The van der Waals surface area contributed by atoms with Crippen molar-refractivity contribution in [2.24, 2.45) is 0 Å². The molecule has 0 saturated carbocycles. The number of esters is 1. The van der Waals surface area contributed by atoms with Crippen molar-refractivity contribution in [1.82, 2.24) is 4.72 Å². The fourth-order valence-corrected chi connectivity index (χ4v) is 3.40. The molecule has 7 heteroatoms. The van der Waals surface area contributed by atoms with Crippen LogP contribution >= 0.6 is 0 Å². The van der Waals surface area contributed by atoms with E-state index in [0.717, 1.165) is 16.9 Å². The van der Waals surface area contributed by atoms with Crippen molar-refractivity contribution in [2.45, 2.75) is 31.7 Å². The molecule has 0 saturated heterocycles. The minimum atomic E-state index is -3.78. The highest BCUT2D eigenvalue weighted by Crippen LogP contribution is 2.15. The van der Waals surface area contributed by atoms with E-state index < -0.39 is 22.0 Å². The highest BCUT2D eigenvalue weighted by atomic mass is 32.2. The molecular weight excluding hydrogens is 354 g/mol. The molecule has 0 amide bonds.